The monoisotopic (exact) mass is 304 g/mol. The summed E-state index contributed by atoms with van der Waals surface area (Å²) in [7, 11) is 0. The molecular weight excluding hydrogens is 292 g/mol. The van der Waals surface area contributed by atoms with Crippen LogP contribution in [0.15, 0.2) is 36.4 Å². The molecule has 0 unspecified atom stereocenters. The zero-order chi connectivity index (χ0) is 16.3. The Morgan fingerprint density at radius 3 is 1.32 bits per heavy atom. The van der Waals surface area contributed by atoms with Crippen LogP contribution >= 0.6 is 0 Å². The van der Waals surface area contributed by atoms with Gasteiger partial charge >= 0.3 is 11.8 Å². The Morgan fingerprint density at radius 1 is 0.636 bits per heavy atom. The summed E-state index contributed by atoms with van der Waals surface area (Å²) in [5.74, 6) is -3.64. The molecule has 0 saturated carbocycles. The van der Waals surface area contributed by atoms with Gasteiger partial charge in [0.1, 0.15) is 0 Å². The summed E-state index contributed by atoms with van der Waals surface area (Å²) in [6.45, 7) is 0. The first-order valence-electron chi connectivity index (χ1n) is 6.03. The second-order valence-corrected chi connectivity index (χ2v) is 4.32. The van der Waals surface area contributed by atoms with Gasteiger partial charge in [0.05, 0.1) is 0 Å². The lowest BCUT2D eigenvalue weighted by atomic mass is 10.2. The van der Waals surface area contributed by atoms with Crippen LogP contribution in [0.4, 0.5) is 11.4 Å². The molecule has 2 aromatic rings. The maximum Gasteiger partial charge on any atom is 0.314 e. The fourth-order valence-electron chi connectivity index (χ4n) is 1.58. The molecule has 0 aliphatic rings. The lowest BCUT2D eigenvalue weighted by molar-refractivity contribution is -0.133. The van der Waals surface area contributed by atoms with Crippen LogP contribution in [-0.2, 0) is 9.59 Å². The fraction of sp³-hybridized carbons (Fsp3) is 0. The summed E-state index contributed by atoms with van der Waals surface area (Å²) in [5, 5.41) is 41.3. The number of aromatic hydroxyl groups is 4. The molecule has 6 N–H and O–H groups in total. The number of amides is 2. The van der Waals surface area contributed by atoms with Gasteiger partial charge in [-0.1, -0.05) is 0 Å². The van der Waals surface area contributed by atoms with E-state index in [1.807, 2.05) is 0 Å². The molecule has 8 heteroatoms. The van der Waals surface area contributed by atoms with Crippen LogP contribution in [0.5, 0.6) is 23.0 Å². The highest BCUT2D eigenvalue weighted by molar-refractivity contribution is 6.43. The number of rotatable bonds is 2. The van der Waals surface area contributed by atoms with Gasteiger partial charge in [-0.25, -0.2) is 0 Å². The third kappa shape index (κ3) is 3.37. The minimum Gasteiger partial charge on any atom is -0.504 e. The van der Waals surface area contributed by atoms with Crippen molar-refractivity contribution >= 4 is 23.2 Å². The molecule has 0 bridgehead atoms. The minimum absolute atomic E-state index is 0.115. The Labute approximate surface area is 124 Å². The highest BCUT2D eigenvalue weighted by atomic mass is 16.3. The van der Waals surface area contributed by atoms with E-state index < -0.39 is 23.3 Å². The first-order chi connectivity index (χ1) is 10.4. The molecule has 0 aliphatic carbocycles. The minimum atomic E-state index is -1.02. The topological polar surface area (TPSA) is 139 Å². The van der Waals surface area contributed by atoms with Gasteiger partial charge in [-0.3, -0.25) is 9.59 Å². The van der Waals surface area contributed by atoms with Crippen LogP contribution in [0.1, 0.15) is 0 Å². The van der Waals surface area contributed by atoms with Crippen LogP contribution in [0.25, 0.3) is 0 Å². The standard InChI is InChI=1S/C14H12N2O6/c17-9-3-1-7(5-11(9)19)15-13(21)14(22)16-8-2-4-10(18)12(20)6-8/h1-6,17-20H,(H,15,21)(H,16,22). The zero-order valence-corrected chi connectivity index (χ0v) is 11.1. The highest BCUT2D eigenvalue weighted by Crippen LogP contribution is 2.28. The number of nitrogens with one attached hydrogen (secondary N) is 2. The van der Waals surface area contributed by atoms with Crippen molar-refractivity contribution in [3.05, 3.63) is 36.4 Å². The molecule has 2 rings (SSSR count). The van der Waals surface area contributed by atoms with Gasteiger partial charge < -0.3 is 31.1 Å². The summed E-state index contributed by atoms with van der Waals surface area (Å²) >= 11 is 0. The van der Waals surface area contributed by atoms with Crippen molar-refractivity contribution in [1.82, 2.24) is 0 Å². The smallest absolute Gasteiger partial charge is 0.314 e. The van der Waals surface area contributed by atoms with Gasteiger partial charge in [-0.15, -0.1) is 0 Å². The summed E-state index contributed by atoms with van der Waals surface area (Å²) in [6, 6.07) is 7.06. The van der Waals surface area contributed by atoms with Crippen molar-refractivity contribution in [3.63, 3.8) is 0 Å². The number of phenols is 4. The Kier molecular flexibility index (Phi) is 4.03. The molecule has 8 nitrogen and oxygen atoms in total. The number of anilines is 2. The predicted octanol–water partition coefficient (Wildman–Crippen LogP) is 1.09. The number of phenolic OH excluding ortho intramolecular Hbond substituents is 4. The molecule has 0 heterocycles. The SMILES string of the molecule is O=C(Nc1ccc(O)c(O)c1)C(=O)Nc1ccc(O)c(O)c1. The number of carbonyl (C=O) groups excluding carboxylic acids is 2. The van der Waals surface area contributed by atoms with Gasteiger partial charge in [0.2, 0.25) is 0 Å². The molecule has 22 heavy (non-hydrogen) atoms. The lowest BCUT2D eigenvalue weighted by Crippen LogP contribution is -2.29. The fourth-order valence-corrected chi connectivity index (χ4v) is 1.58. The number of hydrogen-bond acceptors (Lipinski definition) is 6. The van der Waals surface area contributed by atoms with E-state index in [2.05, 4.69) is 10.6 Å². The van der Waals surface area contributed by atoms with E-state index in [9.17, 15) is 19.8 Å². The molecule has 0 aliphatic heterocycles. The molecule has 2 aromatic carbocycles. The maximum absolute atomic E-state index is 11.7. The maximum atomic E-state index is 11.7. The van der Waals surface area contributed by atoms with E-state index in [0.29, 0.717) is 0 Å². The Balaban J connectivity index is 2.04. The van der Waals surface area contributed by atoms with E-state index in [0.717, 1.165) is 24.3 Å². The molecule has 0 fully saturated rings. The van der Waals surface area contributed by atoms with Gasteiger partial charge in [0.25, 0.3) is 0 Å². The quantitative estimate of drug-likeness (QED) is 0.279. The third-order valence-electron chi connectivity index (χ3n) is 2.67. The van der Waals surface area contributed by atoms with E-state index in [4.69, 9.17) is 10.2 Å². The van der Waals surface area contributed by atoms with Crippen molar-refractivity contribution in [2.24, 2.45) is 0 Å². The average molecular weight is 304 g/mol. The Morgan fingerprint density at radius 2 is 1.00 bits per heavy atom. The third-order valence-corrected chi connectivity index (χ3v) is 2.67. The van der Waals surface area contributed by atoms with Crippen molar-refractivity contribution in [2.45, 2.75) is 0 Å². The van der Waals surface area contributed by atoms with Crippen LogP contribution in [0.3, 0.4) is 0 Å². The molecule has 0 aromatic heterocycles. The van der Waals surface area contributed by atoms with Gasteiger partial charge in [0, 0.05) is 23.5 Å². The van der Waals surface area contributed by atoms with Crippen molar-refractivity contribution in [3.8, 4) is 23.0 Å². The molecule has 0 atom stereocenters. The van der Waals surface area contributed by atoms with Crippen LogP contribution in [0, 0.1) is 0 Å². The molecule has 2 amide bonds. The van der Waals surface area contributed by atoms with Crippen LogP contribution in [-0.4, -0.2) is 32.2 Å². The van der Waals surface area contributed by atoms with Crippen molar-refractivity contribution in [2.75, 3.05) is 10.6 Å². The number of carbonyl (C=O) groups is 2. The summed E-state index contributed by atoms with van der Waals surface area (Å²) in [4.78, 5) is 23.4. The normalized spacial score (nSPS) is 10.0. The first-order valence-corrected chi connectivity index (χ1v) is 6.03. The van der Waals surface area contributed by atoms with Crippen molar-refractivity contribution < 1.29 is 30.0 Å². The van der Waals surface area contributed by atoms with E-state index in [1.54, 1.807) is 0 Å². The largest absolute Gasteiger partial charge is 0.504 e. The van der Waals surface area contributed by atoms with Crippen molar-refractivity contribution in [1.29, 1.82) is 0 Å². The Hall–Kier alpha value is -3.42. The zero-order valence-electron chi connectivity index (χ0n) is 11.1. The van der Waals surface area contributed by atoms with Gasteiger partial charge in [-0.2, -0.15) is 0 Å². The molecule has 114 valence electrons. The van der Waals surface area contributed by atoms with E-state index in [-0.39, 0.29) is 22.9 Å². The molecule has 0 spiro atoms. The predicted molar refractivity (Wildman–Crippen MR) is 76.8 cm³/mol. The van der Waals surface area contributed by atoms with Gasteiger partial charge in [-0.05, 0) is 24.3 Å². The first kappa shape index (κ1) is 15.0. The number of benzene rings is 2. The van der Waals surface area contributed by atoms with E-state index in [1.165, 1.54) is 12.1 Å². The summed E-state index contributed by atoms with van der Waals surface area (Å²) < 4.78 is 0. The summed E-state index contributed by atoms with van der Waals surface area (Å²) in [6.07, 6.45) is 0. The molecule has 0 saturated heterocycles. The highest BCUT2D eigenvalue weighted by Gasteiger charge is 2.15. The second kappa shape index (κ2) is 5.92. The second-order valence-electron chi connectivity index (χ2n) is 4.32. The molecule has 0 radical (unpaired) electrons. The van der Waals surface area contributed by atoms with Crippen LogP contribution < -0.4 is 10.6 Å². The Bertz CT molecular complexity index is 681. The van der Waals surface area contributed by atoms with E-state index >= 15 is 0 Å². The van der Waals surface area contributed by atoms with Gasteiger partial charge in [0.15, 0.2) is 23.0 Å². The number of hydrogen-bond donors (Lipinski definition) is 6. The lowest BCUT2D eigenvalue weighted by Gasteiger charge is -2.08. The molecular formula is C14H12N2O6. The average Bonchev–Trinajstić information content (AvgIpc) is 2.46. The summed E-state index contributed by atoms with van der Waals surface area (Å²) in [5.41, 5.74) is 0.230. The van der Waals surface area contributed by atoms with Crippen LogP contribution in [0.2, 0.25) is 0 Å².